The normalized spacial score (nSPS) is 15.7. The molecule has 3 N–H and O–H groups in total. The minimum Gasteiger partial charge on any atom is -0.385 e. The van der Waals surface area contributed by atoms with Crippen LogP contribution in [0.1, 0.15) is 66.1 Å². The van der Waals surface area contributed by atoms with Crippen molar-refractivity contribution in [2.45, 2.75) is 62.3 Å². The second kappa shape index (κ2) is 13.0. The Labute approximate surface area is 247 Å². The number of nitrogens with zero attached hydrogens (tertiary/aromatic N) is 1. The van der Waals surface area contributed by atoms with Crippen LogP contribution in [0, 0.1) is 10.1 Å². The molecule has 0 saturated carbocycles. The minimum atomic E-state index is -4.76. The third-order valence-corrected chi connectivity index (χ3v) is 8.59. The first-order valence-electron chi connectivity index (χ1n) is 13.5. The average Bonchev–Trinajstić information content (AvgIpc) is 2.95. The number of aryl methyl sites for hydroxylation is 1. The van der Waals surface area contributed by atoms with Crippen molar-refractivity contribution in [2.75, 3.05) is 0 Å². The number of halogens is 3. The van der Waals surface area contributed by atoms with Crippen LogP contribution < -0.4 is 15.4 Å². The van der Waals surface area contributed by atoms with Gasteiger partial charge in [-0.3, -0.25) is 14.9 Å². The lowest BCUT2D eigenvalue weighted by molar-refractivity contribution is -0.384. The fourth-order valence-electron chi connectivity index (χ4n) is 4.97. The molecule has 228 valence electrons. The molecule has 0 spiro atoms. The van der Waals surface area contributed by atoms with Crippen molar-refractivity contribution < 1.29 is 31.3 Å². The molecule has 43 heavy (non-hydrogen) atoms. The van der Waals surface area contributed by atoms with Crippen LogP contribution in [0.2, 0.25) is 0 Å². The monoisotopic (exact) mass is 616 g/mol. The molecule has 4 rings (SSSR count). The summed E-state index contributed by atoms with van der Waals surface area (Å²) in [5.74, 6) is -0.499. The summed E-state index contributed by atoms with van der Waals surface area (Å²) in [4.78, 5) is 23.2. The largest absolute Gasteiger partial charge is 0.416 e. The van der Waals surface area contributed by atoms with Gasteiger partial charge in [-0.2, -0.15) is 13.2 Å². The van der Waals surface area contributed by atoms with Crippen molar-refractivity contribution in [1.29, 1.82) is 0 Å². The number of fused-ring (bicyclic) bond motifs is 1. The number of hydrogen-bond donors (Lipinski definition) is 3. The van der Waals surface area contributed by atoms with Gasteiger partial charge >= 0.3 is 6.18 Å². The highest BCUT2D eigenvalue weighted by Crippen LogP contribution is 2.33. The van der Waals surface area contributed by atoms with Crippen LogP contribution in [-0.4, -0.2) is 19.2 Å². The molecule has 0 aliphatic heterocycles. The SMILES string of the molecule is C=C(C)NCc1ccc2c(c1)CCC[C@H]2NC(=O)C[C@H](NS(=O)(=O)c1cccc(C(F)(F)F)c1)c1ccc([N+](=O)[O-])cc1. The molecule has 0 heterocycles. The molecule has 0 bridgehead atoms. The number of hydrogen-bond acceptors (Lipinski definition) is 6. The van der Waals surface area contributed by atoms with Gasteiger partial charge in [0.25, 0.3) is 5.69 Å². The first-order chi connectivity index (χ1) is 20.2. The summed E-state index contributed by atoms with van der Waals surface area (Å²) in [6.07, 6.45) is -2.84. The first kappa shape index (κ1) is 31.7. The second-order valence-corrected chi connectivity index (χ2v) is 12.1. The van der Waals surface area contributed by atoms with E-state index in [0.717, 1.165) is 65.6 Å². The van der Waals surface area contributed by atoms with Gasteiger partial charge in [0.1, 0.15) is 0 Å². The van der Waals surface area contributed by atoms with Gasteiger partial charge < -0.3 is 10.6 Å². The highest BCUT2D eigenvalue weighted by atomic mass is 32.2. The van der Waals surface area contributed by atoms with E-state index >= 15 is 0 Å². The molecule has 0 fully saturated rings. The van der Waals surface area contributed by atoms with Crippen LogP contribution in [0.3, 0.4) is 0 Å². The summed E-state index contributed by atoms with van der Waals surface area (Å²) >= 11 is 0. The lowest BCUT2D eigenvalue weighted by atomic mass is 9.86. The number of nitro groups is 1. The van der Waals surface area contributed by atoms with E-state index in [1.165, 1.54) is 12.1 Å². The zero-order valence-electron chi connectivity index (χ0n) is 23.3. The quantitative estimate of drug-likeness (QED) is 0.183. The summed E-state index contributed by atoms with van der Waals surface area (Å²) in [6, 6.07) is 12.6. The third kappa shape index (κ3) is 8.20. The smallest absolute Gasteiger partial charge is 0.385 e. The molecular formula is C30H31F3N4O5S. The van der Waals surface area contributed by atoms with E-state index in [1.54, 1.807) is 0 Å². The number of carbonyl (C=O) groups is 1. The lowest BCUT2D eigenvalue weighted by Gasteiger charge is -2.28. The van der Waals surface area contributed by atoms with Crippen molar-refractivity contribution in [3.63, 3.8) is 0 Å². The highest BCUT2D eigenvalue weighted by molar-refractivity contribution is 7.89. The molecule has 0 saturated heterocycles. The molecule has 0 radical (unpaired) electrons. The molecule has 3 aromatic rings. The third-order valence-electron chi connectivity index (χ3n) is 7.12. The van der Waals surface area contributed by atoms with Gasteiger partial charge in [0.2, 0.25) is 15.9 Å². The van der Waals surface area contributed by atoms with Crippen molar-refractivity contribution in [2.24, 2.45) is 0 Å². The predicted octanol–water partition coefficient (Wildman–Crippen LogP) is 5.84. The molecular weight excluding hydrogens is 585 g/mol. The fourth-order valence-corrected chi connectivity index (χ4v) is 6.24. The topological polar surface area (TPSA) is 130 Å². The number of amides is 1. The number of nitrogens with one attached hydrogen (secondary N) is 3. The summed E-state index contributed by atoms with van der Waals surface area (Å²) in [5, 5.41) is 17.3. The van der Waals surface area contributed by atoms with Crippen molar-refractivity contribution in [3.05, 3.63) is 117 Å². The van der Waals surface area contributed by atoms with E-state index in [0.29, 0.717) is 19.0 Å². The number of carbonyl (C=O) groups excluding carboxylic acids is 1. The number of sulfonamides is 1. The van der Waals surface area contributed by atoms with Crippen molar-refractivity contribution >= 4 is 21.6 Å². The Bertz CT molecular complexity index is 1630. The molecule has 0 aromatic heterocycles. The Morgan fingerprint density at radius 3 is 2.49 bits per heavy atom. The number of nitro benzene ring substituents is 1. The van der Waals surface area contributed by atoms with Crippen LogP contribution >= 0.6 is 0 Å². The summed E-state index contributed by atoms with van der Waals surface area (Å²) in [5.41, 5.74) is 2.80. The number of non-ortho nitro benzene ring substituents is 1. The molecule has 13 heteroatoms. The van der Waals surface area contributed by atoms with Crippen molar-refractivity contribution in [3.8, 4) is 0 Å². The maximum atomic E-state index is 13.3. The van der Waals surface area contributed by atoms with E-state index < -0.39 is 50.0 Å². The Kier molecular flexibility index (Phi) is 9.55. The molecule has 3 aromatic carbocycles. The Balaban J connectivity index is 1.57. The molecule has 2 atom stereocenters. The fraction of sp³-hybridized carbons (Fsp3) is 0.300. The van der Waals surface area contributed by atoms with Gasteiger partial charge in [-0.25, -0.2) is 13.1 Å². The number of benzene rings is 3. The van der Waals surface area contributed by atoms with E-state index in [9.17, 15) is 36.5 Å². The van der Waals surface area contributed by atoms with Gasteiger partial charge in [-0.1, -0.05) is 43.0 Å². The van der Waals surface area contributed by atoms with Crippen molar-refractivity contribution in [1.82, 2.24) is 15.4 Å². The van der Waals surface area contributed by atoms with E-state index in [1.807, 2.05) is 19.1 Å². The Morgan fingerprint density at radius 1 is 1.12 bits per heavy atom. The number of allylic oxidation sites excluding steroid dienone is 1. The van der Waals surface area contributed by atoms with Crippen LogP contribution in [0.25, 0.3) is 0 Å². The minimum absolute atomic E-state index is 0.231. The number of rotatable bonds is 11. The molecule has 1 amide bonds. The molecule has 1 aliphatic carbocycles. The van der Waals surface area contributed by atoms with Crippen LogP contribution in [0.15, 0.2) is 83.9 Å². The van der Waals surface area contributed by atoms with Crippen LogP contribution in [0.4, 0.5) is 18.9 Å². The Morgan fingerprint density at radius 2 is 1.84 bits per heavy atom. The van der Waals surface area contributed by atoms with Gasteiger partial charge in [-0.15, -0.1) is 0 Å². The summed E-state index contributed by atoms with van der Waals surface area (Å²) in [6.45, 7) is 6.32. The van der Waals surface area contributed by atoms with Gasteiger partial charge in [0, 0.05) is 30.8 Å². The predicted molar refractivity (Wildman–Crippen MR) is 154 cm³/mol. The van der Waals surface area contributed by atoms with E-state index in [-0.39, 0.29) is 17.3 Å². The van der Waals surface area contributed by atoms with Gasteiger partial charge in [-0.05, 0) is 66.6 Å². The lowest BCUT2D eigenvalue weighted by Crippen LogP contribution is -2.36. The highest BCUT2D eigenvalue weighted by Gasteiger charge is 2.33. The van der Waals surface area contributed by atoms with Gasteiger partial charge in [0.05, 0.1) is 27.5 Å². The second-order valence-electron chi connectivity index (χ2n) is 10.4. The molecule has 9 nitrogen and oxygen atoms in total. The summed E-state index contributed by atoms with van der Waals surface area (Å²) in [7, 11) is -4.54. The van der Waals surface area contributed by atoms with E-state index in [4.69, 9.17) is 0 Å². The zero-order chi connectivity index (χ0) is 31.4. The van der Waals surface area contributed by atoms with Crippen LogP contribution in [-0.2, 0) is 34.0 Å². The van der Waals surface area contributed by atoms with E-state index in [2.05, 4.69) is 28.0 Å². The zero-order valence-corrected chi connectivity index (χ0v) is 24.1. The molecule has 1 aliphatic rings. The first-order valence-corrected chi connectivity index (χ1v) is 15.0. The Hall–Kier alpha value is -4.23. The standard InChI is InChI=1S/C30H31F3N4O5S/c1-19(2)34-18-20-9-14-26-22(15-20)5-3-8-27(26)35-29(38)17-28(21-10-12-24(13-11-21)37(39)40)36-43(41,42)25-7-4-6-23(16-25)30(31,32)33/h4,6-7,9-16,27-28,34,36H,1,3,5,8,17-18H2,2H3,(H,35,38)/t27-,28+/m1/s1. The maximum absolute atomic E-state index is 13.3. The molecule has 0 unspecified atom stereocenters. The van der Waals surface area contributed by atoms with Gasteiger partial charge in [0.15, 0.2) is 0 Å². The average molecular weight is 617 g/mol. The summed E-state index contributed by atoms with van der Waals surface area (Å²) < 4.78 is 68.5. The number of alkyl halides is 3. The maximum Gasteiger partial charge on any atom is 0.416 e. The van der Waals surface area contributed by atoms with Crippen LogP contribution in [0.5, 0.6) is 0 Å².